The predicted molar refractivity (Wildman–Crippen MR) is 68.7 cm³/mol. The average molecular weight is 282 g/mol. The first-order chi connectivity index (χ1) is 9.06. The Morgan fingerprint density at radius 2 is 2.32 bits per heavy atom. The number of halogens is 1. The zero-order valence-corrected chi connectivity index (χ0v) is 11.0. The van der Waals surface area contributed by atoms with E-state index in [0.29, 0.717) is 23.9 Å². The highest BCUT2D eigenvalue weighted by atomic mass is 35.5. The molecule has 0 bridgehead atoms. The predicted octanol–water partition coefficient (Wildman–Crippen LogP) is 2.02. The third-order valence-electron chi connectivity index (χ3n) is 2.42. The molecule has 0 aliphatic carbocycles. The standard InChI is InChI=1S/C12H12ClN3O3/c1-8-2-3-9(13)11(6-8)19-5-4-16-7-10(12(17)18)14-15-16/h2-3,6-7H,4-5H2,1H3,(H,17,18). The molecule has 0 radical (unpaired) electrons. The summed E-state index contributed by atoms with van der Waals surface area (Å²) < 4.78 is 6.93. The Hall–Kier alpha value is -2.08. The molecule has 0 aliphatic rings. The second-order valence-electron chi connectivity index (χ2n) is 3.95. The van der Waals surface area contributed by atoms with Crippen molar-refractivity contribution in [2.24, 2.45) is 0 Å². The van der Waals surface area contributed by atoms with Crippen molar-refractivity contribution in [3.63, 3.8) is 0 Å². The summed E-state index contributed by atoms with van der Waals surface area (Å²) in [4.78, 5) is 10.6. The van der Waals surface area contributed by atoms with Crippen LogP contribution in [0.15, 0.2) is 24.4 Å². The molecule has 7 heteroatoms. The van der Waals surface area contributed by atoms with E-state index in [2.05, 4.69) is 10.3 Å². The summed E-state index contributed by atoms with van der Waals surface area (Å²) in [7, 11) is 0. The molecule has 1 heterocycles. The highest BCUT2D eigenvalue weighted by Gasteiger charge is 2.08. The van der Waals surface area contributed by atoms with Gasteiger partial charge in [0.2, 0.25) is 0 Å². The summed E-state index contributed by atoms with van der Waals surface area (Å²) in [6.45, 7) is 2.66. The van der Waals surface area contributed by atoms with Crippen molar-refractivity contribution < 1.29 is 14.6 Å². The highest BCUT2D eigenvalue weighted by Crippen LogP contribution is 2.25. The fraction of sp³-hybridized carbons (Fsp3) is 0.250. The van der Waals surface area contributed by atoms with Crippen molar-refractivity contribution in [3.8, 4) is 5.75 Å². The number of rotatable bonds is 5. The molecule has 19 heavy (non-hydrogen) atoms. The SMILES string of the molecule is Cc1ccc(Cl)c(OCCn2cc(C(=O)O)nn2)c1. The Morgan fingerprint density at radius 3 is 3.00 bits per heavy atom. The van der Waals surface area contributed by atoms with E-state index in [9.17, 15) is 4.79 Å². The van der Waals surface area contributed by atoms with Gasteiger partial charge in [0.15, 0.2) is 5.69 Å². The Morgan fingerprint density at radius 1 is 1.53 bits per heavy atom. The van der Waals surface area contributed by atoms with Crippen LogP contribution in [0.5, 0.6) is 5.75 Å². The normalized spacial score (nSPS) is 10.4. The number of hydrogen-bond donors (Lipinski definition) is 1. The van der Waals surface area contributed by atoms with E-state index in [1.807, 2.05) is 19.1 Å². The van der Waals surface area contributed by atoms with Gasteiger partial charge in [0.05, 0.1) is 17.8 Å². The number of benzene rings is 1. The number of hydrogen-bond acceptors (Lipinski definition) is 4. The summed E-state index contributed by atoms with van der Waals surface area (Å²) >= 11 is 5.99. The number of carbonyl (C=O) groups is 1. The average Bonchev–Trinajstić information content (AvgIpc) is 2.82. The molecule has 6 nitrogen and oxygen atoms in total. The van der Waals surface area contributed by atoms with Crippen molar-refractivity contribution in [2.75, 3.05) is 6.61 Å². The first-order valence-electron chi connectivity index (χ1n) is 5.58. The van der Waals surface area contributed by atoms with Gasteiger partial charge in [-0.05, 0) is 24.6 Å². The van der Waals surface area contributed by atoms with E-state index in [4.69, 9.17) is 21.4 Å². The van der Waals surface area contributed by atoms with E-state index in [1.165, 1.54) is 10.9 Å². The zero-order chi connectivity index (χ0) is 13.8. The van der Waals surface area contributed by atoms with Gasteiger partial charge in [-0.2, -0.15) is 0 Å². The van der Waals surface area contributed by atoms with E-state index < -0.39 is 5.97 Å². The summed E-state index contributed by atoms with van der Waals surface area (Å²) in [6, 6.07) is 5.50. The first kappa shape index (κ1) is 13.4. The van der Waals surface area contributed by atoms with Crippen molar-refractivity contribution in [1.29, 1.82) is 0 Å². The van der Waals surface area contributed by atoms with Gasteiger partial charge >= 0.3 is 5.97 Å². The lowest BCUT2D eigenvalue weighted by atomic mass is 10.2. The summed E-state index contributed by atoms with van der Waals surface area (Å²) in [5.74, 6) is -0.505. The van der Waals surface area contributed by atoms with E-state index in [0.717, 1.165) is 5.56 Å². The minimum atomic E-state index is -1.10. The van der Waals surface area contributed by atoms with Crippen LogP contribution in [0.2, 0.25) is 5.02 Å². The Bertz CT molecular complexity index is 598. The first-order valence-corrected chi connectivity index (χ1v) is 5.96. The molecule has 0 saturated carbocycles. The van der Waals surface area contributed by atoms with Crippen molar-refractivity contribution >= 4 is 17.6 Å². The Balaban J connectivity index is 1.92. The number of carboxylic acids is 1. The van der Waals surface area contributed by atoms with Crippen LogP contribution in [0.4, 0.5) is 0 Å². The van der Waals surface area contributed by atoms with Gasteiger partial charge in [0, 0.05) is 0 Å². The van der Waals surface area contributed by atoms with Crippen LogP contribution in [0, 0.1) is 6.92 Å². The van der Waals surface area contributed by atoms with Crippen LogP contribution < -0.4 is 4.74 Å². The van der Waals surface area contributed by atoms with Crippen LogP contribution in [-0.2, 0) is 6.54 Å². The minimum Gasteiger partial charge on any atom is -0.490 e. The second-order valence-corrected chi connectivity index (χ2v) is 4.36. The van der Waals surface area contributed by atoms with Gasteiger partial charge in [-0.25, -0.2) is 9.48 Å². The topological polar surface area (TPSA) is 77.2 Å². The summed E-state index contributed by atoms with van der Waals surface area (Å²) in [5, 5.41) is 16.4. The van der Waals surface area contributed by atoms with Gasteiger partial charge in [-0.3, -0.25) is 0 Å². The molecule has 0 amide bonds. The lowest BCUT2D eigenvalue weighted by Gasteiger charge is -2.08. The monoisotopic (exact) mass is 281 g/mol. The number of carboxylic acid groups (broad SMARTS) is 1. The smallest absolute Gasteiger partial charge is 0.358 e. The van der Waals surface area contributed by atoms with Crippen LogP contribution in [-0.4, -0.2) is 32.7 Å². The Kier molecular flexibility index (Phi) is 4.01. The molecule has 1 aromatic carbocycles. The van der Waals surface area contributed by atoms with E-state index >= 15 is 0 Å². The number of nitrogens with zero attached hydrogens (tertiary/aromatic N) is 3. The van der Waals surface area contributed by atoms with Crippen molar-refractivity contribution in [1.82, 2.24) is 15.0 Å². The summed E-state index contributed by atoms with van der Waals surface area (Å²) in [6.07, 6.45) is 1.35. The quantitative estimate of drug-likeness (QED) is 0.907. The van der Waals surface area contributed by atoms with Crippen LogP contribution in [0.3, 0.4) is 0 Å². The molecule has 100 valence electrons. The van der Waals surface area contributed by atoms with E-state index in [1.54, 1.807) is 6.07 Å². The largest absolute Gasteiger partial charge is 0.490 e. The molecular formula is C12H12ClN3O3. The lowest BCUT2D eigenvalue weighted by Crippen LogP contribution is -2.09. The maximum Gasteiger partial charge on any atom is 0.358 e. The number of aromatic carboxylic acids is 1. The number of ether oxygens (including phenoxy) is 1. The molecule has 0 fully saturated rings. The molecule has 1 N–H and O–H groups in total. The van der Waals surface area contributed by atoms with Gasteiger partial charge in [-0.1, -0.05) is 22.9 Å². The van der Waals surface area contributed by atoms with Gasteiger partial charge in [0.1, 0.15) is 12.4 Å². The molecule has 0 unspecified atom stereocenters. The van der Waals surface area contributed by atoms with Crippen molar-refractivity contribution in [3.05, 3.63) is 40.7 Å². The van der Waals surface area contributed by atoms with Crippen LogP contribution in [0.25, 0.3) is 0 Å². The lowest BCUT2D eigenvalue weighted by molar-refractivity contribution is 0.0690. The highest BCUT2D eigenvalue weighted by molar-refractivity contribution is 6.32. The fourth-order valence-electron chi connectivity index (χ4n) is 1.48. The fourth-order valence-corrected chi connectivity index (χ4v) is 1.65. The van der Waals surface area contributed by atoms with Crippen molar-refractivity contribution in [2.45, 2.75) is 13.5 Å². The number of aryl methyl sites for hydroxylation is 1. The zero-order valence-electron chi connectivity index (χ0n) is 10.2. The van der Waals surface area contributed by atoms with Gasteiger partial charge < -0.3 is 9.84 Å². The molecule has 0 aliphatic heterocycles. The Labute approximate surface area is 114 Å². The molecule has 0 saturated heterocycles. The molecule has 2 rings (SSSR count). The second kappa shape index (κ2) is 5.71. The van der Waals surface area contributed by atoms with E-state index in [-0.39, 0.29) is 5.69 Å². The molecule has 0 atom stereocenters. The maximum absolute atomic E-state index is 10.6. The third-order valence-corrected chi connectivity index (χ3v) is 2.73. The maximum atomic E-state index is 10.6. The number of aromatic nitrogens is 3. The molecular weight excluding hydrogens is 270 g/mol. The molecule has 1 aromatic heterocycles. The molecule has 2 aromatic rings. The summed E-state index contributed by atoms with van der Waals surface area (Å²) in [5.41, 5.74) is 0.960. The van der Waals surface area contributed by atoms with Crippen LogP contribution >= 0.6 is 11.6 Å². The molecule has 0 spiro atoms. The minimum absolute atomic E-state index is 0.0893. The van der Waals surface area contributed by atoms with Crippen LogP contribution in [0.1, 0.15) is 16.1 Å². The van der Waals surface area contributed by atoms with Gasteiger partial charge in [0.25, 0.3) is 0 Å². The van der Waals surface area contributed by atoms with Gasteiger partial charge in [-0.15, -0.1) is 5.10 Å². The third kappa shape index (κ3) is 3.45.